The van der Waals surface area contributed by atoms with E-state index in [0.29, 0.717) is 18.2 Å². The number of nitrogens with two attached hydrogens (primary N) is 1. The zero-order chi connectivity index (χ0) is 13.1. The molecule has 0 fully saturated rings. The van der Waals surface area contributed by atoms with Gasteiger partial charge in [-0.25, -0.2) is 15.0 Å². The summed E-state index contributed by atoms with van der Waals surface area (Å²) in [6, 6.07) is 0. The van der Waals surface area contributed by atoms with Crippen molar-refractivity contribution in [3.63, 3.8) is 0 Å². The summed E-state index contributed by atoms with van der Waals surface area (Å²) in [5, 5.41) is 7.44. The number of hydrogen-bond donors (Lipinski definition) is 2. The fraction of sp³-hybridized carbons (Fsp3) is 0.455. The number of anilines is 2. The Bertz CT molecular complexity index is 546. The van der Waals surface area contributed by atoms with Crippen LogP contribution >= 0.6 is 0 Å². The molecule has 0 amide bonds. The minimum Gasteiger partial charge on any atom is -0.383 e. The third kappa shape index (κ3) is 2.73. The second kappa shape index (κ2) is 4.99. The van der Waals surface area contributed by atoms with Crippen LogP contribution in [0, 0.1) is 13.8 Å². The highest BCUT2D eigenvalue weighted by atomic mass is 15.3. The molecule has 2 aromatic heterocycles. The summed E-state index contributed by atoms with van der Waals surface area (Å²) in [5.41, 5.74) is 6.66. The van der Waals surface area contributed by atoms with Gasteiger partial charge in [0, 0.05) is 25.6 Å². The van der Waals surface area contributed by atoms with Crippen molar-refractivity contribution in [2.75, 3.05) is 17.6 Å². The summed E-state index contributed by atoms with van der Waals surface area (Å²) in [6.45, 7) is 4.43. The standard InChI is InChI=1S/C11H17N7/c1-7-10(12)15-8(2)16-11(7)13-5-4-9-14-6-18(3)17-9/h6H,4-5H2,1-3H3,(H3,12,13,15,16). The summed E-state index contributed by atoms with van der Waals surface area (Å²) in [5.74, 6) is 2.76. The third-order valence-electron chi connectivity index (χ3n) is 2.58. The van der Waals surface area contributed by atoms with Gasteiger partial charge in [-0.2, -0.15) is 5.10 Å². The molecule has 7 heteroatoms. The number of aryl methyl sites for hydroxylation is 2. The lowest BCUT2D eigenvalue weighted by Gasteiger charge is -2.09. The van der Waals surface area contributed by atoms with Gasteiger partial charge in [-0.05, 0) is 13.8 Å². The molecule has 96 valence electrons. The Labute approximate surface area is 105 Å². The maximum absolute atomic E-state index is 5.79. The van der Waals surface area contributed by atoms with Crippen LogP contribution in [0.5, 0.6) is 0 Å². The van der Waals surface area contributed by atoms with Crippen LogP contribution in [0.4, 0.5) is 11.6 Å². The highest BCUT2D eigenvalue weighted by Crippen LogP contribution is 2.16. The lowest BCUT2D eigenvalue weighted by Crippen LogP contribution is -2.11. The average molecular weight is 247 g/mol. The molecule has 2 aromatic rings. The van der Waals surface area contributed by atoms with E-state index < -0.39 is 0 Å². The van der Waals surface area contributed by atoms with E-state index in [1.807, 2.05) is 20.9 Å². The maximum Gasteiger partial charge on any atom is 0.152 e. The van der Waals surface area contributed by atoms with Gasteiger partial charge < -0.3 is 11.1 Å². The molecule has 2 rings (SSSR count). The molecular weight excluding hydrogens is 230 g/mol. The fourth-order valence-electron chi connectivity index (χ4n) is 1.61. The molecule has 0 unspecified atom stereocenters. The summed E-state index contributed by atoms with van der Waals surface area (Å²) >= 11 is 0. The van der Waals surface area contributed by atoms with E-state index in [0.717, 1.165) is 23.6 Å². The van der Waals surface area contributed by atoms with Gasteiger partial charge in [0.15, 0.2) is 5.82 Å². The SMILES string of the molecule is Cc1nc(N)c(C)c(NCCc2ncn(C)n2)n1. The van der Waals surface area contributed by atoms with Crippen LogP contribution in [0.25, 0.3) is 0 Å². The van der Waals surface area contributed by atoms with Crippen molar-refractivity contribution >= 4 is 11.6 Å². The fourth-order valence-corrected chi connectivity index (χ4v) is 1.61. The van der Waals surface area contributed by atoms with Crippen LogP contribution in [0.3, 0.4) is 0 Å². The van der Waals surface area contributed by atoms with Crippen molar-refractivity contribution in [3.05, 3.63) is 23.5 Å². The van der Waals surface area contributed by atoms with Gasteiger partial charge in [-0.15, -0.1) is 0 Å². The Morgan fingerprint density at radius 1 is 1.33 bits per heavy atom. The van der Waals surface area contributed by atoms with E-state index in [1.165, 1.54) is 0 Å². The van der Waals surface area contributed by atoms with Crippen LogP contribution in [0.1, 0.15) is 17.2 Å². The van der Waals surface area contributed by atoms with Gasteiger partial charge in [0.05, 0.1) is 0 Å². The Balaban J connectivity index is 1.98. The molecule has 18 heavy (non-hydrogen) atoms. The summed E-state index contributed by atoms with van der Waals surface area (Å²) in [7, 11) is 1.85. The van der Waals surface area contributed by atoms with Crippen molar-refractivity contribution in [1.82, 2.24) is 24.7 Å². The second-order valence-electron chi connectivity index (χ2n) is 4.14. The van der Waals surface area contributed by atoms with Crippen molar-refractivity contribution in [3.8, 4) is 0 Å². The first-order valence-corrected chi connectivity index (χ1v) is 5.75. The van der Waals surface area contributed by atoms with Gasteiger partial charge in [0.25, 0.3) is 0 Å². The number of hydrogen-bond acceptors (Lipinski definition) is 6. The number of nitrogens with zero attached hydrogens (tertiary/aromatic N) is 5. The van der Waals surface area contributed by atoms with Crippen LogP contribution in [-0.2, 0) is 13.5 Å². The Morgan fingerprint density at radius 3 is 2.78 bits per heavy atom. The zero-order valence-electron chi connectivity index (χ0n) is 10.8. The molecule has 0 atom stereocenters. The predicted molar refractivity (Wildman–Crippen MR) is 69.1 cm³/mol. The minimum atomic E-state index is 0.515. The van der Waals surface area contributed by atoms with E-state index in [-0.39, 0.29) is 0 Å². The molecule has 0 spiro atoms. The van der Waals surface area contributed by atoms with E-state index >= 15 is 0 Å². The molecule has 0 radical (unpaired) electrons. The van der Waals surface area contributed by atoms with Crippen LogP contribution in [-0.4, -0.2) is 31.3 Å². The molecule has 0 bridgehead atoms. The molecule has 0 aromatic carbocycles. The van der Waals surface area contributed by atoms with E-state index in [4.69, 9.17) is 5.73 Å². The summed E-state index contributed by atoms with van der Waals surface area (Å²) in [4.78, 5) is 12.6. The monoisotopic (exact) mass is 247 g/mol. The summed E-state index contributed by atoms with van der Waals surface area (Å²) in [6.07, 6.45) is 2.43. The van der Waals surface area contributed by atoms with Crippen molar-refractivity contribution < 1.29 is 0 Å². The van der Waals surface area contributed by atoms with Gasteiger partial charge in [0.1, 0.15) is 23.8 Å². The third-order valence-corrected chi connectivity index (χ3v) is 2.58. The average Bonchev–Trinajstić information content (AvgIpc) is 2.71. The highest BCUT2D eigenvalue weighted by molar-refractivity contribution is 5.54. The summed E-state index contributed by atoms with van der Waals surface area (Å²) < 4.78 is 1.69. The van der Waals surface area contributed by atoms with E-state index in [9.17, 15) is 0 Å². The van der Waals surface area contributed by atoms with Crippen molar-refractivity contribution in [2.24, 2.45) is 7.05 Å². The molecule has 0 saturated carbocycles. The van der Waals surface area contributed by atoms with Gasteiger partial charge in [-0.1, -0.05) is 0 Å². The Hall–Kier alpha value is -2.18. The molecule has 0 aliphatic rings. The predicted octanol–water partition coefficient (Wildman–Crippen LogP) is 0.459. The van der Waals surface area contributed by atoms with Gasteiger partial charge in [-0.3, -0.25) is 4.68 Å². The molecule has 2 heterocycles. The zero-order valence-corrected chi connectivity index (χ0v) is 10.8. The number of rotatable bonds is 4. The van der Waals surface area contributed by atoms with Crippen LogP contribution in [0.2, 0.25) is 0 Å². The normalized spacial score (nSPS) is 10.6. The Kier molecular flexibility index (Phi) is 3.40. The molecule has 0 aliphatic heterocycles. The molecule has 3 N–H and O–H groups in total. The van der Waals surface area contributed by atoms with Crippen molar-refractivity contribution in [2.45, 2.75) is 20.3 Å². The Morgan fingerprint density at radius 2 is 2.11 bits per heavy atom. The van der Waals surface area contributed by atoms with Gasteiger partial charge >= 0.3 is 0 Å². The smallest absolute Gasteiger partial charge is 0.152 e. The van der Waals surface area contributed by atoms with Gasteiger partial charge in [0.2, 0.25) is 0 Å². The molecule has 0 aliphatic carbocycles. The molecule has 7 nitrogen and oxygen atoms in total. The number of aromatic nitrogens is 5. The minimum absolute atomic E-state index is 0.515. The largest absolute Gasteiger partial charge is 0.383 e. The van der Waals surface area contributed by atoms with Crippen LogP contribution in [0.15, 0.2) is 6.33 Å². The van der Waals surface area contributed by atoms with E-state index in [1.54, 1.807) is 11.0 Å². The highest BCUT2D eigenvalue weighted by Gasteiger charge is 2.06. The molecular formula is C11H17N7. The second-order valence-corrected chi connectivity index (χ2v) is 4.14. The van der Waals surface area contributed by atoms with Crippen LogP contribution < -0.4 is 11.1 Å². The first-order chi connectivity index (χ1) is 8.56. The lowest BCUT2D eigenvalue weighted by molar-refractivity contribution is 0.741. The first kappa shape index (κ1) is 12.3. The first-order valence-electron chi connectivity index (χ1n) is 5.75. The van der Waals surface area contributed by atoms with E-state index in [2.05, 4.69) is 25.4 Å². The topological polar surface area (TPSA) is 94.5 Å². The quantitative estimate of drug-likeness (QED) is 0.815. The number of nitrogens with one attached hydrogen (secondary N) is 1. The maximum atomic E-state index is 5.79. The van der Waals surface area contributed by atoms with Crippen molar-refractivity contribution in [1.29, 1.82) is 0 Å². The molecule has 0 saturated heterocycles. The number of nitrogen functional groups attached to an aromatic ring is 1. The lowest BCUT2D eigenvalue weighted by atomic mass is 10.3.